The van der Waals surface area contributed by atoms with E-state index in [1.165, 1.54) is 32.1 Å². The highest BCUT2D eigenvalue weighted by atomic mass is 32.2. The molecule has 0 spiro atoms. The molecule has 0 radical (unpaired) electrons. The smallest absolute Gasteiger partial charge is 0.255 e. The molecule has 4 aliphatic carbocycles. The van der Waals surface area contributed by atoms with Crippen molar-refractivity contribution in [2.45, 2.75) is 43.0 Å². The Balaban J connectivity index is 1.52. The molecule has 124 valence electrons. The van der Waals surface area contributed by atoms with Crippen LogP contribution in [0.4, 0.5) is 0 Å². The van der Waals surface area contributed by atoms with Crippen LogP contribution < -0.4 is 10.1 Å². The van der Waals surface area contributed by atoms with Crippen molar-refractivity contribution < 1.29 is 9.53 Å². The van der Waals surface area contributed by atoms with Crippen LogP contribution in [-0.2, 0) is 0 Å². The molecular weight excluding hydrogens is 306 g/mol. The highest BCUT2D eigenvalue weighted by Crippen LogP contribution is 2.53. The Hall–Kier alpha value is -1.16. The molecule has 1 amide bonds. The van der Waals surface area contributed by atoms with Crippen LogP contribution in [0.25, 0.3) is 0 Å². The maximum atomic E-state index is 12.8. The summed E-state index contributed by atoms with van der Waals surface area (Å²) in [5, 5.41) is 3.36. The molecule has 23 heavy (non-hydrogen) atoms. The van der Waals surface area contributed by atoms with Crippen molar-refractivity contribution in [2.75, 3.05) is 13.4 Å². The zero-order chi connectivity index (χ0) is 16.0. The largest absolute Gasteiger partial charge is 0.496 e. The van der Waals surface area contributed by atoms with Gasteiger partial charge < -0.3 is 10.1 Å². The first-order chi connectivity index (χ1) is 11.2. The second-order valence-corrected chi connectivity index (χ2v) is 8.38. The second kappa shape index (κ2) is 6.04. The molecule has 4 saturated carbocycles. The molecule has 4 bridgehead atoms. The molecule has 4 heteroatoms. The quantitative estimate of drug-likeness (QED) is 0.848. The predicted octanol–water partition coefficient (Wildman–Crippen LogP) is 3.97. The van der Waals surface area contributed by atoms with Gasteiger partial charge in [-0.15, -0.1) is 11.8 Å². The fourth-order valence-corrected chi connectivity index (χ4v) is 5.81. The Labute approximate surface area is 142 Å². The van der Waals surface area contributed by atoms with Crippen molar-refractivity contribution in [2.24, 2.45) is 23.7 Å². The van der Waals surface area contributed by atoms with Crippen LogP contribution in [0.2, 0.25) is 0 Å². The molecule has 4 fully saturated rings. The molecule has 0 heterocycles. The van der Waals surface area contributed by atoms with E-state index in [4.69, 9.17) is 4.74 Å². The summed E-state index contributed by atoms with van der Waals surface area (Å²) < 4.78 is 5.44. The van der Waals surface area contributed by atoms with E-state index in [1.54, 1.807) is 18.9 Å². The first kappa shape index (κ1) is 15.4. The molecule has 5 rings (SSSR count). The third-order valence-corrected chi connectivity index (χ3v) is 6.90. The lowest BCUT2D eigenvalue weighted by Gasteiger charge is -2.54. The van der Waals surface area contributed by atoms with Crippen molar-refractivity contribution in [3.8, 4) is 5.75 Å². The van der Waals surface area contributed by atoms with E-state index in [1.807, 2.05) is 24.5 Å². The summed E-state index contributed by atoms with van der Waals surface area (Å²) in [4.78, 5) is 13.9. The van der Waals surface area contributed by atoms with E-state index in [-0.39, 0.29) is 5.91 Å². The first-order valence-electron chi connectivity index (χ1n) is 8.70. The van der Waals surface area contributed by atoms with Crippen LogP contribution in [0.1, 0.15) is 42.5 Å². The third-order valence-electron chi connectivity index (χ3n) is 6.18. The van der Waals surface area contributed by atoms with Gasteiger partial charge >= 0.3 is 0 Å². The molecular formula is C19H25NO2S. The summed E-state index contributed by atoms with van der Waals surface area (Å²) in [5.41, 5.74) is 0.666. The molecule has 4 aliphatic rings. The number of benzene rings is 1. The van der Waals surface area contributed by atoms with Crippen molar-refractivity contribution in [1.82, 2.24) is 5.32 Å². The van der Waals surface area contributed by atoms with Crippen LogP contribution in [0, 0.1) is 23.7 Å². The lowest BCUT2D eigenvalue weighted by Crippen LogP contribution is -2.55. The maximum absolute atomic E-state index is 12.8. The minimum atomic E-state index is 0.0342. The minimum Gasteiger partial charge on any atom is -0.496 e. The van der Waals surface area contributed by atoms with Gasteiger partial charge in [0.25, 0.3) is 5.91 Å². The summed E-state index contributed by atoms with van der Waals surface area (Å²) >= 11 is 1.66. The monoisotopic (exact) mass is 331 g/mol. The Kier molecular flexibility index (Phi) is 4.04. The topological polar surface area (TPSA) is 38.3 Å². The highest BCUT2D eigenvalue weighted by Gasteiger charge is 2.48. The first-order valence-corrected chi connectivity index (χ1v) is 9.93. The Morgan fingerprint density at radius 1 is 1.13 bits per heavy atom. The van der Waals surface area contributed by atoms with Gasteiger partial charge in [-0.2, -0.15) is 0 Å². The number of rotatable bonds is 4. The van der Waals surface area contributed by atoms with Crippen molar-refractivity contribution in [3.63, 3.8) is 0 Å². The minimum absolute atomic E-state index is 0.0342. The lowest BCUT2D eigenvalue weighted by molar-refractivity contribution is -0.0119. The second-order valence-electron chi connectivity index (χ2n) is 7.50. The van der Waals surface area contributed by atoms with Gasteiger partial charge in [-0.05, 0) is 80.2 Å². The van der Waals surface area contributed by atoms with Gasteiger partial charge in [-0.1, -0.05) is 0 Å². The number of thioether (sulfide) groups is 1. The highest BCUT2D eigenvalue weighted by molar-refractivity contribution is 7.98. The van der Waals surface area contributed by atoms with Crippen LogP contribution >= 0.6 is 11.8 Å². The van der Waals surface area contributed by atoms with Crippen LogP contribution in [-0.4, -0.2) is 25.3 Å². The van der Waals surface area contributed by atoms with Crippen molar-refractivity contribution in [3.05, 3.63) is 23.8 Å². The maximum Gasteiger partial charge on any atom is 0.255 e. The fraction of sp³-hybridized carbons (Fsp3) is 0.632. The number of amides is 1. The predicted molar refractivity (Wildman–Crippen MR) is 93.1 cm³/mol. The van der Waals surface area contributed by atoms with Gasteiger partial charge in [0.15, 0.2) is 0 Å². The van der Waals surface area contributed by atoms with Crippen LogP contribution in [0.5, 0.6) is 5.75 Å². The molecule has 0 aromatic heterocycles. The normalized spacial score (nSPS) is 34.4. The van der Waals surface area contributed by atoms with E-state index in [0.717, 1.165) is 16.7 Å². The van der Waals surface area contributed by atoms with E-state index < -0.39 is 0 Å². The molecule has 1 N–H and O–H groups in total. The molecule has 1 aromatic rings. The number of carbonyl (C=O) groups is 1. The zero-order valence-electron chi connectivity index (χ0n) is 13.9. The number of ether oxygens (including phenoxy) is 1. The van der Waals surface area contributed by atoms with Crippen LogP contribution in [0.15, 0.2) is 23.1 Å². The Morgan fingerprint density at radius 3 is 2.35 bits per heavy atom. The van der Waals surface area contributed by atoms with E-state index in [9.17, 15) is 4.79 Å². The number of methoxy groups -OCH3 is 1. The molecule has 0 saturated heterocycles. The Morgan fingerprint density at radius 2 is 1.78 bits per heavy atom. The van der Waals surface area contributed by atoms with Gasteiger partial charge in [-0.25, -0.2) is 0 Å². The van der Waals surface area contributed by atoms with Gasteiger partial charge in [0, 0.05) is 10.9 Å². The molecule has 0 aliphatic heterocycles. The molecule has 0 atom stereocenters. The summed E-state index contributed by atoms with van der Waals surface area (Å²) in [6.07, 6.45) is 8.75. The number of carbonyl (C=O) groups excluding carboxylic acids is 1. The summed E-state index contributed by atoms with van der Waals surface area (Å²) in [6.45, 7) is 0. The number of hydrogen-bond acceptors (Lipinski definition) is 3. The van der Waals surface area contributed by atoms with Crippen LogP contribution in [0.3, 0.4) is 0 Å². The van der Waals surface area contributed by atoms with Gasteiger partial charge in [-0.3, -0.25) is 4.79 Å². The van der Waals surface area contributed by atoms with Gasteiger partial charge in [0.1, 0.15) is 5.75 Å². The zero-order valence-corrected chi connectivity index (χ0v) is 14.7. The molecule has 0 unspecified atom stereocenters. The van der Waals surface area contributed by atoms with Gasteiger partial charge in [0.05, 0.1) is 12.7 Å². The third kappa shape index (κ3) is 2.75. The Bertz CT molecular complexity index is 587. The summed E-state index contributed by atoms with van der Waals surface area (Å²) in [6, 6.07) is 6.23. The average Bonchev–Trinajstić information content (AvgIpc) is 2.56. The van der Waals surface area contributed by atoms with Crippen molar-refractivity contribution >= 4 is 17.7 Å². The fourth-order valence-electron chi connectivity index (χ4n) is 5.38. The van der Waals surface area contributed by atoms with E-state index in [2.05, 4.69) is 5.32 Å². The van der Waals surface area contributed by atoms with E-state index >= 15 is 0 Å². The SMILES string of the molecule is COc1cc(SC)ccc1C(=O)NC1C2CC3CC(C2)CC1C3. The number of hydrogen-bond donors (Lipinski definition) is 1. The van der Waals surface area contributed by atoms with E-state index in [0.29, 0.717) is 29.2 Å². The molecule has 1 aromatic carbocycles. The van der Waals surface area contributed by atoms with Crippen molar-refractivity contribution in [1.29, 1.82) is 0 Å². The lowest BCUT2D eigenvalue weighted by atomic mass is 9.54. The molecule has 3 nitrogen and oxygen atoms in total. The number of nitrogens with one attached hydrogen (secondary N) is 1. The average molecular weight is 331 g/mol. The van der Waals surface area contributed by atoms with Gasteiger partial charge in [0.2, 0.25) is 0 Å². The standard InChI is InChI=1S/C19H25NO2S/c1-22-17-10-15(23-2)3-4-16(17)19(21)20-18-13-6-11-5-12(8-13)9-14(18)7-11/h3-4,10-14,18H,5-9H2,1-2H3,(H,20,21). The summed E-state index contributed by atoms with van der Waals surface area (Å²) in [5.74, 6) is 3.98. The summed E-state index contributed by atoms with van der Waals surface area (Å²) in [7, 11) is 1.64.